The number of allylic oxidation sites excluding steroid dienone is 2. The summed E-state index contributed by atoms with van der Waals surface area (Å²) in [6.07, 6.45) is 11.5. The lowest BCUT2D eigenvalue weighted by molar-refractivity contribution is -0.183. The molecule has 0 spiro atoms. The van der Waals surface area contributed by atoms with E-state index in [2.05, 4.69) is 12.2 Å². The summed E-state index contributed by atoms with van der Waals surface area (Å²) in [6, 6.07) is 0. The molecule has 2 fully saturated rings. The van der Waals surface area contributed by atoms with E-state index >= 15 is 0 Å². The Bertz CT molecular complexity index is 299. The molecule has 3 atom stereocenters. The second kappa shape index (κ2) is 4.91. The van der Waals surface area contributed by atoms with Gasteiger partial charge in [-0.15, -0.1) is 11.6 Å². The van der Waals surface area contributed by atoms with Crippen molar-refractivity contribution in [1.82, 2.24) is 0 Å². The minimum Gasteiger partial charge on any atom is -0.353 e. The first kappa shape index (κ1) is 12.0. The van der Waals surface area contributed by atoms with Crippen molar-refractivity contribution in [3.8, 4) is 0 Å². The molecule has 2 nitrogen and oxygen atoms in total. The normalized spacial score (nSPS) is 41.9. The Labute approximate surface area is 108 Å². The number of rotatable bonds is 3. The van der Waals surface area contributed by atoms with E-state index < -0.39 is 0 Å². The van der Waals surface area contributed by atoms with Gasteiger partial charge in [-0.1, -0.05) is 12.2 Å². The maximum atomic E-state index is 6.55. The molecular formula is C14H21ClO2. The third-order valence-electron chi connectivity index (χ3n) is 4.67. The molecule has 0 aromatic carbocycles. The highest BCUT2D eigenvalue weighted by Crippen LogP contribution is 2.55. The van der Waals surface area contributed by atoms with Gasteiger partial charge in [-0.3, -0.25) is 0 Å². The number of hydrogen-bond acceptors (Lipinski definition) is 2. The highest BCUT2D eigenvalue weighted by atomic mass is 35.5. The molecule has 1 heterocycles. The van der Waals surface area contributed by atoms with Crippen molar-refractivity contribution < 1.29 is 9.47 Å². The fraction of sp³-hybridized carbons (Fsp3) is 0.857. The van der Waals surface area contributed by atoms with E-state index in [1.165, 1.54) is 19.3 Å². The summed E-state index contributed by atoms with van der Waals surface area (Å²) in [7, 11) is 0. The average Bonchev–Trinajstić information content (AvgIpc) is 2.90. The lowest BCUT2D eigenvalue weighted by Crippen LogP contribution is -2.32. The van der Waals surface area contributed by atoms with E-state index in [-0.39, 0.29) is 11.7 Å². The monoisotopic (exact) mass is 256 g/mol. The van der Waals surface area contributed by atoms with E-state index in [0.29, 0.717) is 5.38 Å². The Kier molecular flexibility index (Phi) is 3.47. The first-order chi connectivity index (χ1) is 8.31. The van der Waals surface area contributed by atoms with Crippen molar-refractivity contribution in [3.05, 3.63) is 12.2 Å². The molecule has 0 unspecified atom stereocenters. The molecule has 3 aliphatic rings. The van der Waals surface area contributed by atoms with Crippen LogP contribution in [0, 0.1) is 11.3 Å². The summed E-state index contributed by atoms with van der Waals surface area (Å²) in [4.78, 5) is 0. The van der Waals surface area contributed by atoms with Crippen LogP contribution in [0.3, 0.4) is 0 Å². The maximum Gasteiger partial charge on any atom is 0.157 e. The highest BCUT2D eigenvalue weighted by molar-refractivity contribution is 6.21. The molecule has 0 aromatic heterocycles. The molecule has 1 saturated heterocycles. The summed E-state index contributed by atoms with van der Waals surface area (Å²) in [5, 5.41) is 0.315. The Balaban J connectivity index is 1.61. The molecule has 17 heavy (non-hydrogen) atoms. The van der Waals surface area contributed by atoms with Crippen molar-refractivity contribution in [3.63, 3.8) is 0 Å². The van der Waals surface area contributed by atoms with Crippen LogP contribution in [0.15, 0.2) is 12.2 Å². The molecule has 1 aliphatic heterocycles. The molecule has 0 N–H and O–H groups in total. The van der Waals surface area contributed by atoms with E-state index in [1.807, 2.05) is 0 Å². The number of fused-ring (bicyclic) bond motifs is 1. The van der Waals surface area contributed by atoms with E-state index in [1.54, 1.807) is 0 Å². The van der Waals surface area contributed by atoms with Crippen molar-refractivity contribution in [2.45, 2.75) is 50.2 Å². The predicted molar refractivity (Wildman–Crippen MR) is 68.1 cm³/mol. The standard InChI is InChI=1S/C14H21ClO2/c15-12-5-4-11-3-1-7-14(11,12)8-6-13-16-9-2-10-17-13/h1,7,11-13H,2-6,8-10H2/t11-,12+,14+/m0/s1. The zero-order valence-electron chi connectivity index (χ0n) is 10.2. The molecule has 96 valence electrons. The van der Waals surface area contributed by atoms with Gasteiger partial charge in [-0.05, 0) is 44.4 Å². The largest absolute Gasteiger partial charge is 0.353 e. The fourth-order valence-corrected chi connectivity index (χ4v) is 4.17. The van der Waals surface area contributed by atoms with Gasteiger partial charge in [-0.25, -0.2) is 0 Å². The fourth-order valence-electron chi connectivity index (χ4n) is 3.69. The van der Waals surface area contributed by atoms with E-state index in [4.69, 9.17) is 21.1 Å². The third kappa shape index (κ3) is 2.16. The molecule has 2 aliphatic carbocycles. The molecule has 0 radical (unpaired) electrons. The number of halogens is 1. The second-order valence-corrected chi connectivity index (χ2v) is 6.08. The zero-order valence-corrected chi connectivity index (χ0v) is 11.0. The van der Waals surface area contributed by atoms with Crippen LogP contribution in [0.25, 0.3) is 0 Å². The van der Waals surface area contributed by atoms with Gasteiger partial charge in [0.15, 0.2) is 6.29 Å². The van der Waals surface area contributed by atoms with E-state index in [9.17, 15) is 0 Å². The summed E-state index contributed by atoms with van der Waals surface area (Å²) in [6.45, 7) is 1.70. The lowest BCUT2D eigenvalue weighted by atomic mass is 9.76. The van der Waals surface area contributed by atoms with Gasteiger partial charge in [0.2, 0.25) is 0 Å². The van der Waals surface area contributed by atoms with Crippen LogP contribution in [0.4, 0.5) is 0 Å². The van der Waals surface area contributed by atoms with Gasteiger partial charge >= 0.3 is 0 Å². The molecule has 0 amide bonds. The van der Waals surface area contributed by atoms with Crippen molar-refractivity contribution in [1.29, 1.82) is 0 Å². The predicted octanol–water partition coefficient (Wildman–Crippen LogP) is 3.49. The van der Waals surface area contributed by atoms with Crippen LogP contribution in [0.1, 0.15) is 38.5 Å². The van der Waals surface area contributed by atoms with Gasteiger partial charge in [0.25, 0.3) is 0 Å². The maximum absolute atomic E-state index is 6.55. The quantitative estimate of drug-likeness (QED) is 0.568. The Morgan fingerprint density at radius 3 is 2.88 bits per heavy atom. The van der Waals surface area contributed by atoms with E-state index in [0.717, 1.165) is 38.4 Å². The van der Waals surface area contributed by atoms with Crippen molar-refractivity contribution in [2.75, 3.05) is 13.2 Å². The van der Waals surface area contributed by atoms with Gasteiger partial charge in [0.1, 0.15) is 0 Å². The molecule has 1 saturated carbocycles. The zero-order chi connectivity index (χ0) is 11.7. The molecule has 0 aromatic rings. The van der Waals surface area contributed by atoms with Crippen LogP contribution in [0.5, 0.6) is 0 Å². The topological polar surface area (TPSA) is 18.5 Å². The smallest absolute Gasteiger partial charge is 0.157 e. The highest BCUT2D eigenvalue weighted by Gasteiger charge is 2.49. The Hall–Kier alpha value is -0.0500. The van der Waals surface area contributed by atoms with Crippen LogP contribution >= 0.6 is 11.6 Å². The molecular weight excluding hydrogens is 236 g/mol. The van der Waals surface area contributed by atoms with Crippen molar-refractivity contribution in [2.24, 2.45) is 11.3 Å². The summed E-state index contributed by atoms with van der Waals surface area (Å²) in [5.74, 6) is 0.772. The molecule has 0 bridgehead atoms. The Morgan fingerprint density at radius 1 is 1.24 bits per heavy atom. The van der Waals surface area contributed by atoms with Crippen LogP contribution in [-0.2, 0) is 9.47 Å². The summed E-state index contributed by atoms with van der Waals surface area (Å²) >= 11 is 6.55. The SMILES string of the molecule is Cl[C@@H]1CC[C@@H]2CC=C[C@@]21CCC1OCCCO1. The summed E-state index contributed by atoms with van der Waals surface area (Å²) < 4.78 is 11.3. The van der Waals surface area contributed by atoms with Gasteiger partial charge < -0.3 is 9.47 Å². The Morgan fingerprint density at radius 2 is 2.06 bits per heavy atom. The van der Waals surface area contributed by atoms with Gasteiger partial charge in [0.05, 0.1) is 13.2 Å². The molecule has 3 heteroatoms. The lowest BCUT2D eigenvalue weighted by Gasteiger charge is -2.33. The second-order valence-electron chi connectivity index (χ2n) is 5.56. The molecule has 3 rings (SSSR count). The average molecular weight is 257 g/mol. The van der Waals surface area contributed by atoms with Crippen LogP contribution in [0.2, 0.25) is 0 Å². The number of ether oxygens (including phenoxy) is 2. The third-order valence-corrected chi connectivity index (χ3v) is 5.29. The first-order valence-corrected chi connectivity index (χ1v) is 7.30. The van der Waals surface area contributed by atoms with Gasteiger partial charge in [-0.2, -0.15) is 0 Å². The summed E-state index contributed by atoms with van der Waals surface area (Å²) in [5.41, 5.74) is 0.242. The minimum atomic E-state index is 0.0113. The van der Waals surface area contributed by atoms with Crippen molar-refractivity contribution >= 4 is 11.6 Å². The number of hydrogen-bond donors (Lipinski definition) is 0. The van der Waals surface area contributed by atoms with Crippen LogP contribution < -0.4 is 0 Å². The minimum absolute atomic E-state index is 0.0113. The van der Waals surface area contributed by atoms with Crippen LogP contribution in [-0.4, -0.2) is 24.9 Å². The first-order valence-electron chi connectivity index (χ1n) is 6.86. The van der Waals surface area contributed by atoms with Gasteiger partial charge in [0, 0.05) is 10.8 Å². The number of alkyl halides is 1.